The number of para-hydroxylation sites is 2. The van der Waals surface area contributed by atoms with E-state index < -0.39 is 0 Å². The van der Waals surface area contributed by atoms with E-state index in [9.17, 15) is 0 Å². The lowest BCUT2D eigenvalue weighted by Gasteiger charge is -2.16. The van der Waals surface area contributed by atoms with Crippen molar-refractivity contribution in [3.8, 4) is 89.8 Å². The van der Waals surface area contributed by atoms with Gasteiger partial charge in [0.1, 0.15) is 11.2 Å². The molecule has 13 aromatic rings. The summed E-state index contributed by atoms with van der Waals surface area (Å²) in [6.07, 6.45) is 0. The highest BCUT2D eigenvalue weighted by atomic mass is 16.3. The molecule has 0 unspecified atom stereocenters. The summed E-state index contributed by atoms with van der Waals surface area (Å²) in [5.41, 5.74) is 16.0. The van der Waals surface area contributed by atoms with E-state index in [1.165, 1.54) is 32.7 Å². The van der Waals surface area contributed by atoms with Crippen LogP contribution in [0.2, 0.25) is 0 Å². The Hall–Kier alpha value is -9.25. The molecule has 4 nitrogen and oxygen atoms in total. The molecule has 322 valence electrons. The van der Waals surface area contributed by atoms with Crippen LogP contribution in [0, 0.1) is 0 Å². The van der Waals surface area contributed by atoms with E-state index in [4.69, 9.17) is 19.4 Å². The first-order valence-corrected chi connectivity index (χ1v) is 23.3. The average molecular weight is 880 g/mol. The number of aromatic nitrogens is 3. The first-order chi connectivity index (χ1) is 34.2. The molecule has 0 bridgehead atoms. The van der Waals surface area contributed by atoms with Crippen LogP contribution in [0.5, 0.6) is 0 Å². The molecule has 0 amide bonds. The summed E-state index contributed by atoms with van der Waals surface area (Å²) in [5.74, 6) is 1.86. The Morgan fingerprint density at radius 1 is 0.203 bits per heavy atom. The van der Waals surface area contributed by atoms with Gasteiger partial charge in [-0.2, -0.15) is 0 Å². The van der Waals surface area contributed by atoms with Crippen molar-refractivity contribution in [1.82, 2.24) is 15.0 Å². The van der Waals surface area contributed by atoms with Crippen LogP contribution in [0.15, 0.2) is 253 Å². The van der Waals surface area contributed by atoms with Crippen LogP contribution in [0.3, 0.4) is 0 Å². The van der Waals surface area contributed by atoms with Crippen LogP contribution in [-0.2, 0) is 0 Å². The number of rotatable bonds is 8. The Kier molecular flexibility index (Phi) is 9.80. The Morgan fingerprint density at radius 2 is 0.580 bits per heavy atom. The molecule has 0 radical (unpaired) electrons. The first kappa shape index (κ1) is 40.1. The van der Waals surface area contributed by atoms with Gasteiger partial charge < -0.3 is 4.42 Å². The number of nitrogens with zero attached hydrogens (tertiary/aromatic N) is 3. The first-order valence-electron chi connectivity index (χ1n) is 23.3. The molecular weight excluding hydrogens is 839 g/mol. The summed E-state index contributed by atoms with van der Waals surface area (Å²) in [6.45, 7) is 0. The van der Waals surface area contributed by atoms with Crippen LogP contribution in [0.1, 0.15) is 0 Å². The summed E-state index contributed by atoms with van der Waals surface area (Å²) in [4.78, 5) is 15.5. The van der Waals surface area contributed by atoms with Gasteiger partial charge in [0.25, 0.3) is 0 Å². The van der Waals surface area contributed by atoms with Crippen LogP contribution in [0.25, 0.3) is 133 Å². The maximum Gasteiger partial charge on any atom is 0.164 e. The fourth-order valence-electron chi connectivity index (χ4n) is 10.1. The molecular formula is C65H41N3O. The maximum atomic E-state index is 6.52. The van der Waals surface area contributed by atoms with Crippen LogP contribution >= 0.6 is 0 Å². The minimum Gasteiger partial charge on any atom is -0.455 e. The van der Waals surface area contributed by atoms with Gasteiger partial charge in [0, 0.05) is 33.0 Å². The lowest BCUT2D eigenvalue weighted by molar-refractivity contribution is 0.670. The van der Waals surface area contributed by atoms with E-state index in [1.54, 1.807) is 0 Å². The van der Waals surface area contributed by atoms with Crippen molar-refractivity contribution in [2.24, 2.45) is 0 Å². The number of hydrogen-bond acceptors (Lipinski definition) is 4. The van der Waals surface area contributed by atoms with Gasteiger partial charge in [-0.05, 0) is 77.7 Å². The molecule has 69 heavy (non-hydrogen) atoms. The van der Waals surface area contributed by atoms with Crippen molar-refractivity contribution in [3.05, 3.63) is 249 Å². The molecule has 0 aliphatic rings. The van der Waals surface area contributed by atoms with Gasteiger partial charge in [0.15, 0.2) is 17.5 Å². The van der Waals surface area contributed by atoms with Gasteiger partial charge in [-0.3, -0.25) is 0 Å². The fourth-order valence-corrected chi connectivity index (χ4v) is 10.1. The van der Waals surface area contributed by atoms with E-state index in [2.05, 4.69) is 218 Å². The summed E-state index contributed by atoms with van der Waals surface area (Å²) >= 11 is 0. The topological polar surface area (TPSA) is 51.8 Å². The van der Waals surface area contributed by atoms with Crippen molar-refractivity contribution >= 4 is 43.5 Å². The highest BCUT2D eigenvalue weighted by Crippen LogP contribution is 2.44. The zero-order chi connectivity index (χ0) is 45.7. The third-order valence-corrected chi connectivity index (χ3v) is 13.4. The van der Waals surface area contributed by atoms with Crippen LogP contribution in [-0.4, -0.2) is 15.0 Å². The molecule has 2 heterocycles. The second-order valence-corrected chi connectivity index (χ2v) is 17.4. The Bertz CT molecular complexity index is 4050. The highest BCUT2D eigenvalue weighted by Gasteiger charge is 2.19. The minimum atomic E-state index is 0.614. The van der Waals surface area contributed by atoms with E-state index >= 15 is 0 Å². The van der Waals surface area contributed by atoms with Gasteiger partial charge in [-0.25, -0.2) is 15.0 Å². The van der Waals surface area contributed by atoms with Crippen molar-refractivity contribution in [2.45, 2.75) is 0 Å². The molecule has 0 aliphatic heterocycles. The number of hydrogen-bond donors (Lipinski definition) is 0. The smallest absolute Gasteiger partial charge is 0.164 e. The molecule has 0 fully saturated rings. The molecule has 0 N–H and O–H groups in total. The van der Waals surface area contributed by atoms with E-state index in [0.29, 0.717) is 17.5 Å². The summed E-state index contributed by atoms with van der Waals surface area (Å²) in [6, 6.07) is 87.6. The largest absolute Gasteiger partial charge is 0.455 e. The zero-order valence-corrected chi connectivity index (χ0v) is 37.4. The van der Waals surface area contributed by atoms with Gasteiger partial charge in [-0.1, -0.05) is 243 Å². The van der Waals surface area contributed by atoms with Crippen molar-refractivity contribution < 1.29 is 4.42 Å². The molecule has 0 atom stereocenters. The van der Waals surface area contributed by atoms with Crippen LogP contribution in [0.4, 0.5) is 0 Å². The van der Waals surface area contributed by atoms with Crippen molar-refractivity contribution in [2.75, 3.05) is 0 Å². The average Bonchev–Trinajstić information content (AvgIpc) is 3.82. The zero-order valence-electron chi connectivity index (χ0n) is 37.4. The molecule has 2 aromatic heterocycles. The van der Waals surface area contributed by atoms with E-state index in [1.807, 2.05) is 30.3 Å². The Balaban J connectivity index is 0.890. The van der Waals surface area contributed by atoms with Gasteiger partial charge in [0.05, 0.1) is 0 Å². The second-order valence-electron chi connectivity index (χ2n) is 17.4. The second kappa shape index (κ2) is 16.9. The molecule has 4 heteroatoms. The molecule has 0 saturated heterocycles. The molecule has 0 aliphatic carbocycles. The predicted molar refractivity (Wildman–Crippen MR) is 286 cm³/mol. The molecule has 13 rings (SSSR count). The minimum absolute atomic E-state index is 0.614. The van der Waals surface area contributed by atoms with Crippen molar-refractivity contribution in [1.29, 1.82) is 0 Å². The summed E-state index contributed by atoms with van der Waals surface area (Å²) in [5, 5.41) is 7.02. The van der Waals surface area contributed by atoms with E-state index in [-0.39, 0.29) is 0 Å². The van der Waals surface area contributed by atoms with E-state index in [0.717, 1.165) is 83.1 Å². The molecule has 0 saturated carbocycles. The normalized spacial score (nSPS) is 11.5. The third-order valence-electron chi connectivity index (χ3n) is 13.4. The fraction of sp³-hybridized carbons (Fsp3) is 0. The number of furan rings is 1. The number of benzene rings is 11. The Labute approximate surface area is 399 Å². The standard InChI is InChI=1S/C65H41N3O/c1-3-16-42(17-4-1)43-30-34-46(35-31-43)63-66-64(68-65(67-63)60-26-12-7-20-48(60)44-18-5-2-6-19-44)47-36-32-45(33-37-47)49-38-39-54(51-22-9-8-21-50(49)51)55-40-41-56(53-24-11-10-23-52(53)55)58-27-15-28-59-57-25-13-14-29-61(57)69-62(58)59/h1-41H. The monoisotopic (exact) mass is 879 g/mol. The van der Waals surface area contributed by atoms with Gasteiger partial charge in [0.2, 0.25) is 0 Å². The summed E-state index contributed by atoms with van der Waals surface area (Å²) < 4.78 is 6.52. The van der Waals surface area contributed by atoms with Crippen molar-refractivity contribution in [3.63, 3.8) is 0 Å². The SMILES string of the molecule is c1ccc(-c2ccc(-c3nc(-c4ccc(-c5ccc(-c6ccc(-c7cccc8c7oc7ccccc78)c7ccccc67)c6ccccc56)cc4)nc(-c4ccccc4-c4ccccc4)n3)cc2)cc1. The lowest BCUT2D eigenvalue weighted by Crippen LogP contribution is -2.01. The quantitative estimate of drug-likeness (QED) is 0.153. The number of fused-ring (bicyclic) bond motifs is 5. The Morgan fingerprint density at radius 3 is 1.19 bits per heavy atom. The van der Waals surface area contributed by atoms with Gasteiger partial charge >= 0.3 is 0 Å². The lowest BCUT2D eigenvalue weighted by atomic mass is 9.87. The molecule has 11 aromatic carbocycles. The maximum absolute atomic E-state index is 6.52. The predicted octanol–water partition coefficient (Wildman–Crippen LogP) is 17.4. The van der Waals surface area contributed by atoms with Gasteiger partial charge in [-0.15, -0.1) is 0 Å². The molecule has 0 spiro atoms. The summed E-state index contributed by atoms with van der Waals surface area (Å²) in [7, 11) is 0. The highest BCUT2D eigenvalue weighted by molar-refractivity contribution is 6.16. The third kappa shape index (κ3) is 7.14. The van der Waals surface area contributed by atoms with Crippen LogP contribution < -0.4 is 0 Å².